The highest BCUT2D eigenvalue weighted by Gasteiger charge is 2.21. The van der Waals surface area contributed by atoms with Gasteiger partial charge in [0.25, 0.3) is 0 Å². The molecule has 8 heteroatoms. The van der Waals surface area contributed by atoms with Crippen LogP contribution in [0.15, 0.2) is 24.3 Å². The monoisotopic (exact) mass is 344 g/mol. The Labute approximate surface area is 137 Å². The number of carbonyl (C=O) groups is 1. The van der Waals surface area contributed by atoms with Gasteiger partial charge in [-0.15, -0.1) is 0 Å². The minimum Gasteiger partial charge on any atom is -0.489 e. The molecule has 0 aliphatic heterocycles. The van der Waals surface area contributed by atoms with Gasteiger partial charge in [0, 0.05) is 6.54 Å². The van der Waals surface area contributed by atoms with Crippen molar-refractivity contribution in [1.82, 2.24) is 5.32 Å². The Bertz CT molecular complexity index is 616. The second-order valence-corrected chi connectivity index (χ2v) is 7.02. The van der Waals surface area contributed by atoms with E-state index in [2.05, 4.69) is 5.32 Å². The van der Waals surface area contributed by atoms with Crippen LogP contribution in [0.25, 0.3) is 0 Å². The second-order valence-electron chi connectivity index (χ2n) is 5.12. The fourth-order valence-electron chi connectivity index (χ4n) is 1.92. The summed E-state index contributed by atoms with van der Waals surface area (Å²) in [5.74, 6) is 0.476. The molecule has 0 atom stereocenters. The number of ether oxygens (including phenoxy) is 2. The molecule has 7 nitrogen and oxygen atoms in total. The lowest BCUT2D eigenvalue weighted by molar-refractivity contribution is 0.152. The van der Waals surface area contributed by atoms with Gasteiger partial charge in [-0.25, -0.2) is 13.2 Å². The molecular weight excluding hydrogens is 320 g/mol. The van der Waals surface area contributed by atoms with Gasteiger partial charge in [-0.1, -0.05) is 12.1 Å². The van der Waals surface area contributed by atoms with E-state index in [0.717, 1.165) is 6.26 Å². The van der Waals surface area contributed by atoms with E-state index in [1.54, 1.807) is 31.2 Å². The van der Waals surface area contributed by atoms with E-state index >= 15 is 0 Å². The van der Waals surface area contributed by atoms with Gasteiger partial charge in [0.1, 0.15) is 5.75 Å². The zero-order valence-electron chi connectivity index (χ0n) is 13.9. The molecule has 0 unspecified atom stereocenters. The van der Waals surface area contributed by atoms with E-state index in [1.165, 1.54) is 4.31 Å². The molecule has 1 aromatic rings. The molecule has 0 bridgehead atoms. The number of benzene rings is 1. The maximum Gasteiger partial charge on any atom is 0.407 e. The molecule has 0 saturated carbocycles. The molecule has 0 aliphatic rings. The quantitative estimate of drug-likeness (QED) is 0.779. The van der Waals surface area contributed by atoms with Crippen LogP contribution in [0.1, 0.15) is 20.8 Å². The number of nitrogens with one attached hydrogen (secondary N) is 1. The number of alkyl carbamates (subject to hydrolysis) is 1. The SMILES string of the molecule is CCOC(=O)NCCN(c1ccccc1OC(C)C)S(C)(=O)=O. The number of rotatable bonds is 8. The number of amides is 1. The molecule has 23 heavy (non-hydrogen) atoms. The molecular formula is C15H24N2O5S. The average Bonchev–Trinajstić information content (AvgIpc) is 2.43. The summed E-state index contributed by atoms with van der Waals surface area (Å²) in [6.07, 6.45) is 0.451. The van der Waals surface area contributed by atoms with Crippen LogP contribution in [-0.4, -0.2) is 46.6 Å². The zero-order chi connectivity index (χ0) is 17.5. The number of hydrogen-bond acceptors (Lipinski definition) is 5. The topological polar surface area (TPSA) is 84.9 Å². The first-order valence-corrected chi connectivity index (χ1v) is 9.24. The van der Waals surface area contributed by atoms with Crippen LogP contribution in [0.4, 0.5) is 10.5 Å². The lowest BCUT2D eigenvalue weighted by Crippen LogP contribution is -2.38. The van der Waals surface area contributed by atoms with E-state index < -0.39 is 16.1 Å². The summed E-state index contributed by atoms with van der Waals surface area (Å²) >= 11 is 0. The summed E-state index contributed by atoms with van der Waals surface area (Å²) < 4.78 is 35.8. The Balaban J connectivity index is 2.94. The van der Waals surface area contributed by atoms with Crippen molar-refractivity contribution >= 4 is 21.8 Å². The summed E-state index contributed by atoms with van der Waals surface area (Å²) in [5, 5.41) is 2.51. The third-order valence-corrected chi connectivity index (χ3v) is 3.94. The molecule has 0 aromatic heterocycles. The van der Waals surface area contributed by atoms with Crippen molar-refractivity contribution in [2.45, 2.75) is 26.9 Å². The van der Waals surface area contributed by atoms with Crippen LogP contribution in [-0.2, 0) is 14.8 Å². The van der Waals surface area contributed by atoms with Crippen LogP contribution in [0.5, 0.6) is 5.75 Å². The maximum atomic E-state index is 12.1. The van der Waals surface area contributed by atoms with Crippen LogP contribution in [0.2, 0.25) is 0 Å². The maximum absolute atomic E-state index is 12.1. The number of sulfonamides is 1. The molecule has 1 amide bonds. The van der Waals surface area contributed by atoms with E-state index in [4.69, 9.17) is 9.47 Å². The summed E-state index contributed by atoms with van der Waals surface area (Å²) in [7, 11) is -3.53. The summed E-state index contributed by atoms with van der Waals surface area (Å²) in [6.45, 7) is 5.89. The van der Waals surface area contributed by atoms with Gasteiger partial charge in [-0.2, -0.15) is 0 Å². The van der Waals surface area contributed by atoms with Crippen LogP contribution >= 0.6 is 0 Å². The molecule has 0 radical (unpaired) electrons. The molecule has 0 saturated heterocycles. The highest BCUT2D eigenvalue weighted by atomic mass is 32.2. The van der Waals surface area contributed by atoms with Crippen molar-refractivity contribution in [3.05, 3.63) is 24.3 Å². The molecule has 0 fully saturated rings. The van der Waals surface area contributed by atoms with Gasteiger partial charge in [0.15, 0.2) is 0 Å². The largest absolute Gasteiger partial charge is 0.489 e. The van der Waals surface area contributed by atoms with E-state index in [1.807, 2.05) is 13.8 Å². The highest BCUT2D eigenvalue weighted by Crippen LogP contribution is 2.30. The Morgan fingerprint density at radius 2 is 1.96 bits per heavy atom. The van der Waals surface area contributed by atoms with Gasteiger partial charge < -0.3 is 14.8 Å². The van der Waals surface area contributed by atoms with Gasteiger partial charge >= 0.3 is 6.09 Å². The number of carbonyl (C=O) groups excluding carboxylic acids is 1. The fourth-order valence-corrected chi connectivity index (χ4v) is 2.85. The second kappa shape index (κ2) is 8.61. The Hall–Kier alpha value is -1.96. The van der Waals surface area contributed by atoms with Crippen molar-refractivity contribution in [1.29, 1.82) is 0 Å². The molecule has 130 valence electrons. The van der Waals surface area contributed by atoms with Crippen molar-refractivity contribution in [2.24, 2.45) is 0 Å². The third kappa shape index (κ3) is 6.35. The number of anilines is 1. The van der Waals surface area contributed by atoms with E-state index in [0.29, 0.717) is 11.4 Å². The minimum absolute atomic E-state index is 0.0795. The average molecular weight is 344 g/mol. The Morgan fingerprint density at radius 3 is 2.52 bits per heavy atom. The molecule has 1 rings (SSSR count). The Kier molecular flexibility index (Phi) is 7.15. The zero-order valence-corrected chi connectivity index (χ0v) is 14.7. The molecule has 1 aromatic carbocycles. The van der Waals surface area contributed by atoms with Gasteiger partial charge in [-0.3, -0.25) is 4.31 Å². The smallest absolute Gasteiger partial charge is 0.407 e. The number of para-hydroxylation sites is 2. The predicted octanol–water partition coefficient (Wildman–Crippen LogP) is 1.99. The summed E-state index contributed by atoms with van der Waals surface area (Å²) in [4.78, 5) is 11.3. The van der Waals surface area contributed by atoms with Crippen LogP contribution in [0.3, 0.4) is 0 Å². The van der Waals surface area contributed by atoms with Crippen molar-refractivity contribution in [2.75, 3.05) is 30.3 Å². The first-order valence-electron chi connectivity index (χ1n) is 7.39. The molecule has 1 N–H and O–H groups in total. The number of nitrogens with zero attached hydrogens (tertiary/aromatic N) is 1. The lowest BCUT2D eigenvalue weighted by atomic mass is 10.3. The van der Waals surface area contributed by atoms with Crippen LogP contribution in [0, 0.1) is 0 Å². The van der Waals surface area contributed by atoms with Gasteiger partial charge in [0.2, 0.25) is 10.0 Å². The Morgan fingerprint density at radius 1 is 1.30 bits per heavy atom. The molecule has 0 heterocycles. The normalized spacial score (nSPS) is 11.2. The highest BCUT2D eigenvalue weighted by molar-refractivity contribution is 7.92. The first-order chi connectivity index (χ1) is 10.8. The lowest BCUT2D eigenvalue weighted by Gasteiger charge is -2.25. The van der Waals surface area contributed by atoms with Gasteiger partial charge in [0.05, 0.1) is 31.2 Å². The minimum atomic E-state index is -3.53. The third-order valence-electron chi connectivity index (χ3n) is 2.76. The van der Waals surface area contributed by atoms with Gasteiger partial charge in [-0.05, 0) is 32.9 Å². The first kappa shape index (κ1) is 19.1. The molecule has 0 aliphatic carbocycles. The standard InChI is InChI=1S/C15H24N2O5S/c1-5-21-15(18)16-10-11-17(23(4,19)20)13-8-6-7-9-14(13)22-12(2)3/h6-9,12H,5,10-11H2,1-4H3,(H,16,18). The van der Waals surface area contributed by atoms with Crippen molar-refractivity contribution in [3.63, 3.8) is 0 Å². The number of hydrogen-bond donors (Lipinski definition) is 1. The fraction of sp³-hybridized carbons (Fsp3) is 0.533. The van der Waals surface area contributed by atoms with E-state index in [-0.39, 0.29) is 25.8 Å². The van der Waals surface area contributed by atoms with Crippen LogP contribution < -0.4 is 14.4 Å². The molecule has 0 spiro atoms. The van der Waals surface area contributed by atoms with Crippen molar-refractivity contribution < 1.29 is 22.7 Å². The van der Waals surface area contributed by atoms with E-state index in [9.17, 15) is 13.2 Å². The predicted molar refractivity (Wildman–Crippen MR) is 89.4 cm³/mol. The summed E-state index contributed by atoms with van der Waals surface area (Å²) in [5.41, 5.74) is 0.439. The summed E-state index contributed by atoms with van der Waals surface area (Å²) in [6, 6.07) is 6.90. The van der Waals surface area contributed by atoms with Crippen molar-refractivity contribution in [3.8, 4) is 5.75 Å².